The molecule has 1 aliphatic carbocycles. The number of benzene rings is 2. The zero-order valence-electron chi connectivity index (χ0n) is 13.8. The van der Waals surface area contributed by atoms with Crippen LogP contribution in [0.5, 0.6) is 0 Å². The molecule has 0 radical (unpaired) electrons. The van der Waals surface area contributed by atoms with E-state index in [0.717, 1.165) is 37.1 Å². The molecule has 1 atom stereocenters. The summed E-state index contributed by atoms with van der Waals surface area (Å²) in [5, 5.41) is 5.76. The van der Waals surface area contributed by atoms with Crippen LogP contribution in [0.15, 0.2) is 42.5 Å². The van der Waals surface area contributed by atoms with Crippen molar-refractivity contribution in [3.05, 3.63) is 59.2 Å². The first-order valence-electron chi connectivity index (χ1n) is 8.18. The Hall–Kier alpha value is -2.04. The van der Waals surface area contributed by atoms with E-state index in [1.54, 1.807) is 0 Å². The fourth-order valence-electron chi connectivity index (χ4n) is 2.98. The third-order valence-electron chi connectivity index (χ3n) is 4.35. The molecule has 1 unspecified atom stereocenters. The molecule has 4 nitrogen and oxygen atoms in total. The van der Waals surface area contributed by atoms with Crippen LogP contribution in [-0.2, 0) is 19.3 Å². The van der Waals surface area contributed by atoms with Crippen LogP contribution in [0, 0.1) is 0 Å². The van der Waals surface area contributed by atoms with Crippen LogP contribution in [0.25, 0.3) is 0 Å². The predicted octanol–water partition coefficient (Wildman–Crippen LogP) is 4.13. The maximum atomic E-state index is 12.1. The van der Waals surface area contributed by atoms with Crippen molar-refractivity contribution in [2.75, 3.05) is 10.6 Å². The zero-order valence-corrected chi connectivity index (χ0v) is 14.7. The smallest absolute Gasteiger partial charge is 0.323 e. The minimum Gasteiger partial charge on any atom is -0.327 e. The van der Waals surface area contributed by atoms with Crippen LogP contribution >= 0.6 is 12.4 Å². The molecule has 128 valence electrons. The molecule has 4 N–H and O–H groups in total. The number of nitrogens with two attached hydrogens (primary N) is 1. The third-order valence-corrected chi connectivity index (χ3v) is 4.35. The highest BCUT2D eigenvalue weighted by atomic mass is 35.5. The van der Waals surface area contributed by atoms with Crippen molar-refractivity contribution >= 4 is 29.8 Å². The van der Waals surface area contributed by atoms with Crippen LogP contribution < -0.4 is 16.4 Å². The summed E-state index contributed by atoms with van der Waals surface area (Å²) < 4.78 is 0. The van der Waals surface area contributed by atoms with Crippen LogP contribution in [0.3, 0.4) is 0 Å². The lowest BCUT2D eigenvalue weighted by molar-refractivity contribution is 0.262. The Morgan fingerprint density at radius 2 is 1.75 bits per heavy atom. The second-order valence-electron chi connectivity index (χ2n) is 6.12. The van der Waals surface area contributed by atoms with Crippen LogP contribution in [-0.4, -0.2) is 12.1 Å². The first-order valence-corrected chi connectivity index (χ1v) is 8.18. The molecule has 2 aromatic carbocycles. The van der Waals surface area contributed by atoms with E-state index in [1.165, 1.54) is 16.7 Å². The number of amides is 2. The van der Waals surface area contributed by atoms with E-state index < -0.39 is 0 Å². The van der Waals surface area contributed by atoms with Gasteiger partial charge in [-0.2, -0.15) is 0 Å². The van der Waals surface area contributed by atoms with Crippen molar-refractivity contribution in [2.24, 2.45) is 5.73 Å². The molecule has 0 spiro atoms. The Kier molecular flexibility index (Phi) is 6.23. The Balaban J connectivity index is 0.00000208. The number of nitrogens with one attached hydrogen (secondary N) is 2. The molecule has 1 aliphatic rings. The second kappa shape index (κ2) is 8.18. The van der Waals surface area contributed by atoms with Gasteiger partial charge in [0.1, 0.15) is 0 Å². The topological polar surface area (TPSA) is 67.2 Å². The minimum absolute atomic E-state index is 0. The van der Waals surface area contributed by atoms with E-state index in [4.69, 9.17) is 5.73 Å². The highest BCUT2D eigenvalue weighted by molar-refractivity contribution is 5.99. The summed E-state index contributed by atoms with van der Waals surface area (Å²) in [6, 6.07) is 14.0. The normalized spacial score (nSPS) is 15.8. The Bertz CT molecular complexity index is 700. The van der Waals surface area contributed by atoms with E-state index in [-0.39, 0.29) is 24.5 Å². The van der Waals surface area contributed by atoms with Crippen LogP contribution in [0.2, 0.25) is 0 Å². The van der Waals surface area contributed by atoms with Gasteiger partial charge in [0, 0.05) is 17.4 Å². The molecule has 0 heterocycles. The molecule has 0 aliphatic heterocycles. The molecule has 2 aromatic rings. The lowest BCUT2D eigenvalue weighted by atomic mass is 9.88. The van der Waals surface area contributed by atoms with Gasteiger partial charge in [0.2, 0.25) is 0 Å². The molecule has 0 saturated heterocycles. The van der Waals surface area contributed by atoms with Crippen molar-refractivity contribution in [2.45, 2.75) is 38.6 Å². The molecule has 2 amide bonds. The van der Waals surface area contributed by atoms with E-state index in [2.05, 4.69) is 29.7 Å². The maximum absolute atomic E-state index is 12.1. The van der Waals surface area contributed by atoms with Gasteiger partial charge in [-0.3, -0.25) is 0 Å². The quantitative estimate of drug-likeness (QED) is 0.783. The number of hydrogen-bond donors (Lipinski definition) is 3. The van der Waals surface area contributed by atoms with Gasteiger partial charge in [-0.25, -0.2) is 4.79 Å². The standard InChI is InChI=1S/C19H23N3O.ClH/c1-2-13-3-8-17(9-4-13)21-19(23)22-18-10-6-14-11-16(20)7-5-15(14)12-18;/h3-4,6,8-10,12,16H,2,5,7,11,20H2,1H3,(H2,21,22,23);1H. The van der Waals surface area contributed by atoms with Crippen LogP contribution in [0.4, 0.5) is 16.2 Å². The number of aryl methyl sites for hydroxylation is 2. The molecule has 0 aromatic heterocycles. The predicted molar refractivity (Wildman–Crippen MR) is 102 cm³/mol. The monoisotopic (exact) mass is 345 g/mol. The Morgan fingerprint density at radius 3 is 2.46 bits per heavy atom. The molecule has 0 bridgehead atoms. The number of urea groups is 1. The summed E-state index contributed by atoms with van der Waals surface area (Å²) in [5.74, 6) is 0. The van der Waals surface area contributed by atoms with Gasteiger partial charge in [0.15, 0.2) is 0 Å². The molecular formula is C19H24ClN3O. The SMILES string of the molecule is CCc1ccc(NC(=O)Nc2ccc3c(c2)CCC(N)C3)cc1.Cl. The van der Waals surface area contributed by atoms with Gasteiger partial charge >= 0.3 is 6.03 Å². The van der Waals surface area contributed by atoms with Gasteiger partial charge in [-0.1, -0.05) is 25.1 Å². The summed E-state index contributed by atoms with van der Waals surface area (Å²) in [4.78, 5) is 12.1. The minimum atomic E-state index is -0.221. The van der Waals surface area contributed by atoms with Gasteiger partial charge < -0.3 is 16.4 Å². The van der Waals surface area contributed by atoms with Crippen LogP contribution in [0.1, 0.15) is 30.0 Å². The van der Waals surface area contributed by atoms with E-state index in [0.29, 0.717) is 0 Å². The molecule has 24 heavy (non-hydrogen) atoms. The lowest BCUT2D eigenvalue weighted by Crippen LogP contribution is -2.28. The molecule has 0 saturated carbocycles. The summed E-state index contributed by atoms with van der Waals surface area (Å²) in [5.41, 5.74) is 11.4. The third kappa shape index (κ3) is 4.49. The van der Waals surface area contributed by atoms with Gasteiger partial charge in [-0.15, -0.1) is 12.4 Å². The average Bonchev–Trinajstić information content (AvgIpc) is 2.55. The number of carbonyl (C=O) groups excluding carboxylic acids is 1. The first-order chi connectivity index (χ1) is 11.1. The van der Waals surface area contributed by atoms with Gasteiger partial charge in [-0.05, 0) is 66.6 Å². The van der Waals surface area contributed by atoms with Gasteiger partial charge in [0.25, 0.3) is 0 Å². The molecule has 3 rings (SSSR count). The Labute approximate surface area is 149 Å². The fraction of sp³-hybridized carbons (Fsp3) is 0.316. The Morgan fingerprint density at radius 1 is 1.08 bits per heavy atom. The summed E-state index contributed by atoms with van der Waals surface area (Å²) in [7, 11) is 0. The van der Waals surface area contributed by atoms with E-state index in [9.17, 15) is 4.79 Å². The number of fused-ring (bicyclic) bond motifs is 1. The summed E-state index contributed by atoms with van der Waals surface area (Å²) in [6.07, 6.45) is 3.90. The van der Waals surface area contributed by atoms with Crippen molar-refractivity contribution < 1.29 is 4.79 Å². The summed E-state index contributed by atoms with van der Waals surface area (Å²) in [6.45, 7) is 2.11. The number of carbonyl (C=O) groups is 1. The molecular weight excluding hydrogens is 322 g/mol. The lowest BCUT2D eigenvalue weighted by Gasteiger charge is -2.22. The fourth-order valence-corrected chi connectivity index (χ4v) is 2.98. The second-order valence-corrected chi connectivity index (χ2v) is 6.12. The van der Waals surface area contributed by atoms with E-state index >= 15 is 0 Å². The largest absolute Gasteiger partial charge is 0.327 e. The number of hydrogen-bond acceptors (Lipinski definition) is 2. The van der Waals surface area contributed by atoms with Crippen molar-refractivity contribution in [3.63, 3.8) is 0 Å². The summed E-state index contributed by atoms with van der Waals surface area (Å²) >= 11 is 0. The molecule has 5 heteroatoms. The zero-order chi connectivity index (χ0) is 16.2. The first kappa shape index (κ1) is 18.3. The maximum Gasteiger partial charge on any atom is 0.323 e. The average molecular weight is 346 g/mol. The number of halogens is 1. The van der Waals surface area contributed by atoms with Crippen molar-refractivity contribution in [3.8, 4) is 0 Å². The number of anilines is 2. The van der Waals surface area contributed by atoms with E-state index in [1.807, 2.05) is 30.3 Å². The highest BCUT2D eigenvalue weighted by Gasteiger charge is 2.15. The highest BCUT2D eigenvalue weighted by Crippen LogP contribution is 2.24. The van der Waals surface area contributed by atoms with Crippen molar-refractivity contribution in [1.29, 1.82) is 0 Å². The van der Waals surface area contributed by atoms with Crippen molar-refractivity contribution in [1.82, 2.24) is 0 Å². The molecule has 0 fully saturated rings. The van der Waals surface area contributed by atoms with Gasteiger partial charge in [0.05, 0.1) is 0 Å². The number of rotatable bonds is 3.